The average Bonchev–Trinajstić information content (AvgIpc) is 3.00. The number of likely N-dealkylation sites (tertiary alicyclic amines) is 1. The van der Waals surface area contributed by atoms with Gasteiger partial charge in [-0.3, -0.25) is 4.79 Å². The van der Waals surface area contributed by atoms with Crippen molar-refractivity contribution in [2.45, 2.75) is 12.3 Å². The largest absolute Gasteiger partial charge is 0.505 e. The fourth-order valence-electron chi connectivity index (χ4n) is 2.53. The number of benzene rings is 1. The van der Waals surface area contributed by atoms with Crippen LogP contribution in [0.2, 0.25) is 0 Å². The number of hydrogen-bond acceptors (Lipinski definition) is 4. The molecule has 5 nitrogen and oxygen atoms in total. The molecule has 0 radical (unpaired) electrons. The second-order valence-electron chi connectivity index (χ2n) is 4.98. The van der Waals surface area contributed by atoms with Crippen LogP contribution in [-0.2, 0) is 0 Å². The van der Waals surface area contributed by atoms with Gasteiger partial charge < -0.3 is 10.0 Å². The van der Waals surface area contributed by atoms with Crippen LogP contribution < -0.4 is 0 Å². The molecule has 108 valence electrons. The number of carbonyl (C=O) groups excluding carboxylic acids is 1. The molecule has 6 heteroatoms. The summed E-state index contributed by atoms with van der Waals surface area (Å²) < 4.78 is 13.8. The highest BCUT2D eigenvalue weighted by atomic mass is 19.1. The van der Waals surface area contributed by atoms with Crippen LogP contribution in [0.1, 0.15) is 28.5 Å². The molecule has 1 amide bonds. The number of hydrogen-bond donors (Lipinski definition) is 1. The van der Waals surface area contributed by atoms with Crippen LogP contribution in [0, 0.1) is 5.82 Å². The Kier molecular flexibility index (Phi) is 3.51. The molecule has 1 aromatic carbocycles. The van der Waals surface area contributed by atoms with E-state index in [1.54, 1.807) is 23.4 Å². The highest BCUT2D eigenvalue weighted by Gasteiger charge is 2.30. The topological polar surface area (TPSA) is 66.3 Å². The number of amides is 1. The predicted molar refractivity (Wildman–Crippen MR) is 73.4 cm³/mol. The van der Waals surface area contributed by atoms with Crippen molar-refractivity contribution in [3.8, 4) is 5.75 Å². The van der Waals surface area contributed by atoms with E-state index in [2.05, 4.69) is 9.97 Å². The number of aromatic hydroxyl groups is 1. The molecule has 2 aromatic rings. The molecule has 0 aliphatic carbocycles. The highest BCUT2D eigenvalue weighted by molar-refractivity contribution is 5.95. The quantitative estimate of drug-likeness (QED) is 0.916. The van der Waals surface area contributed by atoms with Crippen molar-refractivity contribution < 1.29 is 14.3 Å². The zero-order chi connectivity index (χ0) is 14.8. The lowest BCUT2D eigenvalue weighted by atomic mass is 10.1. The summed E-state index contributed by atoms with van der Waals surface area (Å²) in [6, 6.07) is 5.80. The lowest BCUT2D eigenvalue weighted by molar-refractivity contribution is 0.0785. The van der Waals surface area contributed by atoms with Crippen LogP contribution in [-0.4, -0.2) is 39.0 Å². The Labute approximate surface area is 121 Å². The zero-order valence-corrected chi connectivity index (χ0v) is 11.2. The molecule has 0 spiro atoms. The van der Waals surface area contributed by atoms with Crippen LogP contribution in [0.25, 0.3) is 0 Å². The van der Waals surface area contributed by atoms with Gasteiger partial charge >= 0.3 is 0 Å². The Bertz CT molecular complexity index is 663. The van der Waals surface area contributed by atoms with Crippen molar-refractivity contribution >= 4 is 5.91 Å². The summed E-state index contributed by atoms with van der Waals surface area (Å²) in [6.07, 6.45) is 4.08. The number of phenolic OH excluding ortho intramolecular Hbond substituents is 1. The van der Waals surface area contributed by atoms with Crippen molar-refractivity contribution in [1.29, 1.82) is 0 Å². The Balaban J connectivity index is 1.77. The molecule has 1 saturated heterocycles. The maximum absolute atomic E-state index is 13.8. The van der Waals surface area contributed by atoms with E-state index >= 15 is 0 Å². The molecule has 1 aliphatic heterocycles. The van der Waals surface area contributed by atoms with Crippen molar-refractivity contribution in [3.63, 3.8) is 0 Å². The molecular formula is C15H14FN3O2. The summed E-state index contributed by atoms with van der Waals surface area (Å²) in [6.45, 7) is 0.981. The average molecular weight is 287 g/mol. The fourth-order valence-corrected chi connectivity index (χ4v) is 2.53. The third-order valence-corrected chi connectivity index (χ3v) is 3.64. The lowest BCUT2D eigenvalue weighted by Crippen LogP contribution is -2.29. The number of nitrogens with zero attached hydrogens (tertiary/aromatic N) is 3. The molecule has 3 rings (SSSR count). The molecule has 21 heavy (non-hydrogen) atoms. The van der Waals surface area contributed by atoms with Gasteiger partial charge in [0, 0.05) is 31.4 Å². The summed E-state index contributed by atoms with van der Waals surface area (Å²) >= 11 is 0. The van der Waals surface area contributed by atoms with E-state index in [0.717, 1.165) is 6.42 Å². The van der Waals surface area contributed by atoms with E-state index in [1.807, 2.05) is 0 Å². The van der Waals surface area contributed by atoms with Gasteiger partial charge in [0.05, 0.1) is 5.56 Å². The van der Waals surface area contributed by atoms with Crippen LogP contribution in [0.4, 0.5) is 4.39 Å². The van der Waals surface area contributed by atoms with Gasteiger partial charge in [0.1, 0.15) is 5.82 Å². The number of carbonyl (C=O) groups is 1. The van der Waals surface area contributed by atoms with Gasteiger partial charge in [-0.2, -0.15) is 0 Å². The minimum absolute atomic E-state index is 0.0653. The summed E-state index contributed by atoms with van der Waals surface area (Å²) in [5.41, 5.74) is -0.107. The third-order valence-electron chi connectivity index (χ3n) is 3.64. The number of rotatable bonds is 2. The van der Waals surface area contributed by atoms with Gasteiger partial charge in [-0.1, -0.05) is 6.07 Å². The molecule has 1 aliphatic rings. The Morgan fingerprint density at radius 1 is 1.29 bits per heavy atom. The molecule has 1 fully saturated rings. The van der Waals surface area contributed by atoms with Gasteiger partial charge in [0.2, 0.25) is 0 Å². The van der Waals surface area contributed by atoms with Gasteiger partial charge in [0.15, 0.2) is 11.6 Å². The Morgan fingerprint density at radius 3 is 2.81 bits per heavy atom. The van der Waals surface area contributed by atoms with E-state index in [4.69, 9.17) is 0 Å². The second-order valence-corrected chi connectivity index (χ2v) is 4.98. The second kappa shape index (κ2) is 5.47. The molecule has 0 saturated carbocycles. The number of aromatic nitrogens is 2. The normalized spacial score (nSPS) is 18.0. The SMILES string of the molecule is O=C(c1cccc(O)c1F)N1CCC(c2ncccn2)C1. The Hall–Kier alpha value is -2.50. The fraction of sp³-hybridized carbons (Fsp3) is 0.267. The van der Waals surface area contributed by atoms with Crippen molar-refractivity contribution in [3.05, 3.63) is 53.9 Å². The predicted octanol–water partition coefficient (Wildman–Crippen LogP) is 1.95. The van der Waals surface area contributed by atoms with Gasteiger partial charge in [-0.15, -0.1) is 0 Å². The maximum Gasteiger partial charge on any atom is 0.256 e. The highest BCUT2D eigenvalue weighted by Crippen LogP contribution is 2.27. The first kappa shape index (κ1) is 13.5. The monoisotopic (exact) mass is 287 g/mol. The molecule has 2 heterocycles. The van der Waals surface area contributed by atoms with E-state index in [-0.39, 0.29) is 11.5 Å². The molecule has 1 aromatic heterocycles. The summed E-state index contributed by atoms with van der Waals surface area (Å²) in [5.74, 6) is -1.04. The van der Waals surface area contributed by atoms with Gasteiger partial charge in [-0.05, 0) is 24.6 Å². The van der Waals surface area contributed by atoms with E-state index in [0.29, 0.717) is 18.9 Å². The van der Waals surface area contributed by atoms with Crippen molar-refractivity contribution in [2.75, 3.05) is 13.1 Å². The molecule has 1 atom stereocenters. The smallest absolute Gasteiger partial charge is 0.256 e. The minimum atomic E-state index is -0.873. The summed E-state index contributed by atoms with van der Waals surface area (Å²) in [7, 11) is 0. The molecule has 1 N–H and O–H groups in total. The zero-order valence-electron chi connectivity index (χ0n) is 11.2. The van der Waals surface area contributed by atoms with Crippen molar-refractivity contribution in [1.82, 2.24) is 14.9 Å². The van der Waals surface area contributed by atoms with Crippen LogP contribution in [0.3, 0.4) is 0 Å². The molecule has 1 unspecified atom stereocenters. The van der Waals surface area contributed by atoms with Crippen LogP contribution in [0.15, 0.2) is 36.7 Å². The van der Waals surface area contributed by atoms with Crippen molar-refractivity contribution in [2.24, 2.45) is 0 Å². The lowest BCUT2D eigenvalue weighted by Gasteiger charge is -2.16. The van der Waals surface area contributed by atoms with Gasteiger partial charge in [-0.25, -0.2) is 14.4 Å². The summed E-state index contributed by atoms with van der Waals surface area (Å²) in [5, 5.41) is 9.36. The minimum Gasteiger partial charge on any atom is -0.505 e. The summed E-state index contributed by atoms with van der Waals surface area (Å²) in [4.78, 5) is 22.3. The maximum atomic E-state index is 13.8. The first-order valence-electron chi connectivity index (χ1n) is 6.70. The first-order valence-corrected chi connectivity index (χ1v) is 6.70. The Morgan fingerprint density at radius 2 is 2.05 bits per heavy atom. The first-order chi connectivity index (χ1) is 10.2. The van der Waals surface area contributed by atoms with Crippen LogP contribution >= 0.6 is 0 Å². The molecular weight excluding hydrogens is 273 g/mol. The van der Waals surface area contributed by atoms with Gasteiger partial charge in [0.25, 0.3) is 5.91 Å². The number of halogens is 1. The molecule has 0 bridgehead atoms. The van der Waals surface area contributed by atoms with E-state index in [9.17, 15) is 14.3 Å². The van der Waals surface area contributed by atoms with E-state index < -0.39 is 17.5 Å². The third kappa shape index (κ3) is 2.56. The van der Waals surface area contributed by atoms with E-state index in [1.165, 1.54) is 18.2 Å². The number of phenols is 1. The van der Waals surface area contributed by atoms with Crippen LogP contribution in [0.5, 0.6) is 5.75 Å². The standard InChI is InChI=1S/C15H14FN3O2/c16-13-11(3-1-4-12(13)20)15(21)19-8-5-10(9-19)14-17-6-2-7-18-14/h1-4,6-7,10,20H,5,8-9H2.